The number of benzene rings is 1. The minimum Gasteiger partial charge on any atom is -0.313 e. The molecule has 3 aromatic rings. The SMILES string of the molecule is CNC(Cc1cc(Cl)ccc1Cl)c1cnn2ccccc12. The van der Waals surface area contributed by atoms with Crippen molar-refractivity contribution in [1.29, 1.82) is 0 Å². The van der Waals surface area contributed by atoms with Gasteiger partial charge >= 0.3 is 0 Å². The zero-order chi connectivity index (χ0) is 14.8. The second kappa shape index (κ2) is 6.06. The van der Waals surface area contributed by atoms with E-state index in [2.05, 4.69) is 16.5 Å². The van der Waals surface area contributed by atoms with Gasteiger partial charge in [0.15, 0.2) is 0 Å². The fourth-order valence-corrected chi connectivity index (χ4v) is 2.90. The normalized spacial score (nSPS) is 12.7. The first-order chi connectivity index (χ1) is 10.2. The van der Waals surface area contributed by atoms with Crippen LogP contribution in [0.3, 0.4) is 0 Å². The number of hydrogen-bond donors (Lipinski definition) is 1. The van der Waals surface area contributed by atoms with Gasteiger partial charge in [-0.1, -0.05) is 29.3 Å². The van der Waals surface area contributed by atoms with Crippen molar-refractivity contribution in [3.8, 4) is 0 Å². The van der Waals surface area contributed by atoms with Gasteiger partial charge in [0.1, 0.15) is 0 Å². The number of likely N-dealkylation sites (N-methyl/N-ethyl adjacent to an activating group) is 1. The van der Waals surface area contributed by atoms with Gasteiger partial charge in [0.2, 0.25) is 0 Å². The number of nitrogens with zero attached hydrogens (tertiary/aromatic N) is 2. The van der Waals surface area contributed by atoms with Crippen molar-refractivity contribution < 1.29 is 0 Å². The minimum absolute atomic E-state index is 0.126. The summed E-state index contributed by atoms with van der Waals surface area (Å²) in [6.45, 7) is 0. The van der Waals surface area contributed by atoms with E-state index in [-0.39, 0.29) is 6.04 Å². The highest BCUT2D eigenvalue weighted by atomic mass is 35.5. The number of hydrogen-bond acceptors (Lipinski definition) is 2. The van der Waals surface area contributed by atoms with Crippen LogP contribution in [-0.4, -0.2) is 16.7 Å². The smallest absolute Gasteiger partial charge is 0.0709 e. The van der Waals surface area contributed by atoms with Gasteiger partial charge in [-0.15, -0.1) is 0 Å². The molecule has 2 aromatic heterocycles. The highest BCUT2D eigenvalue weighted by molar-refractivity contribution is 6.33. The highest BCUT2D eigenvalue weighted by Gasteiger charge is 2.16. The molecule has 1 aromatic carbocycles. The van der Waals surface area contributed by atoms with Crippen LogP contribution in [0.25, 0.3) is 5.52 Å². The van der Waals surface area contributed by atoms with E-state index in [0.29, 0.717) is 5.02 Å². The molecule has 0 bridgehead atoms. The zero-order valence-electron chi connectivity index (χ0n) is 11.6. The quantitative estimate of drug-likeness (QED) is 0.783. The van der Waals surface area contributed by atoms with Crippen molar-refractivity contribution in [2.24, 2.45) is 0 Å². The minimum atomic E-state index is 0.126. The summed E-state index contributed by atoms with van der Waals surface area (Å²) >= 11 is 12.3. The van der Waals surface area contributed by atoms with Crippen molar-refractivity contribution >= 4 is 28.7 Å². The lowest BCUT2D eigenvalue weighted by atomic mass is 10.00. The molecule has 1 unspecified atom stereocenters. The third kappa shape index (κ3) is 2.91. The van der Waals surface area contributed by atoms with Gasteiger partial charge in [-0.25, -0.2) is 4.52 Å². The molecule has 0 saturated heterocycles. The molecule has 5 heteroatoms. The number of nitrogens with one attached hydrogen (secondary N) is 1. The summed E-state index contributed by atoms with van der Waals surface area (Å²) < 4.78 is 1.87. The molecule has 0 saturated carbocycles. The van der Waals surface area contributed by atoms with Gasteiger partial charge in [-0.3, -0.25) is 0 Å². The van der Waals surface area contributed by atoms with Gasteiger partial charge in [0, 0.05) is 27.8 Å². The maximum Gasteiger partial charge on any atom is 0.0709 e. The molecule has 1 N–H and O–H groups in total. The molecule has 0 amide bonds. The van der Waals surface area contributed by atoms with Crippen LogP contribution < -0.4 is 5.32 Å². The molecule has 0 aliphatic rings. The standard InChI is InChI=1S/C16H15Cl2N3/c1-19-15(9-11-8-12(17)5-6-14(11)18)13-10-20-21-7-3-2-4-16(13)21/h2-8,10,15,19H,9H2,1H3. The van der Waals surface area contributed by atoms with E-state index in [9.17, 15) is 0 Å². The average molecular weight is 320 g/mol. The number of pyridine rings is 1. The molecule has 0 radical (unpaired) electrons. The van der Waals surface area contributed by atoms with Crippen LogP contribution in [0.1, 0.15) is 17.2 Å². The van der Waals surface area contributed by atoms with E-state index in [1.807, 2.05) is 48.2 Å². The first-order valence-electron chi connectivity index (χ1n) is 6.72. The third-order valence-corrected chi connectivity index (χ3v) is 4.22. The second-order valence-electron chi connectivity index (χ2n) is 4.91. The molecular formula is C16H15Cl2N3. The maximum atomic E-state index is 6.27. The van der Waals surface area contributed by atoms with E-state index < -0.39 is 0 Å². The van der Waals surface area contributed by atoms with E-state index in [0.717, 1.165) is 28.1 Å². The van der Waals surface area contributed by atoms with Gasteiger partial charge < -0.3 is 5.32 Å². The lowest BCUT2D eigenvalue weighted by molar-refractivity contribution is 0.596. The number of rotatable bonds is 4. The van der Waals surface area contributed by atoms with Crippen LogP contribution >= 0.6 is 23.2 Å². The topological polar surface area (TPSA) is 29.3 Å². The zero-order valence-corrected chi connectivity index (χ0v) is 13.1. The first kappa shape index (κ1) is 14.4. The second-order valence-corrected chi connectivity index (χ2v) is 5.76. The Bertz CT molecular complexity index is 767. The third-order valence-electron chi connectivity index (χ3n) is 3.61. The summed E-state index contributed by atoms with van der Waals surface area (Å²) in [6.07, 6.45) is 4.60. The Hall–Kier alpha value is -1.55. The van der Waals surface area contributed by atoms with Crippen molar-refractivity contribution in [2.75, 3.05) is 7.05 Å². The van der Waals surface area contributed by atoms with Gasteiger partial charge in [0.05, 0.1) is 11.7 Å². The molecule has 21 heavy (non-hydrogen) atoms. The molecule has 3 nitrogen and oxygen atoms in total. The average Bonchev–Trinajstić information content (AvgIpc) is 2.92. The van der Waals surface area contributed by atoms with Crippen molar-refractivity contribution in [3.63, 3.8) is 0 Å². The van der Waals surface area contributed by atoms with Crippen LogP contribution in [0.2, 0.25) is 10.0 Å². The van der Waals surface area contributed by atoms with Crippen LogP contribution in [0.4, 0.5) is 0 Å². The van der Waals surface area contributed by atoms with Crippen LogP contribution in [0.15, 0.2) is 48.8 Å². The molecular weight excluding hydrogens is 305 g/mol. The number of fused-ring (bicyclic) bond motifs is 1. The van der Waals surface area contributed by atoms with Crippen molar-refractivity contribution in [3.05, 3.63) is 70.0 Å². The first-order valence-corrected chi connectivity index (χ1v) is 7.48. The van der Waals surface area contributed by atoms with E-state index in [1.54, 1.807) is 6.07 Å². The van der Waals surface area contributed by atoms with Crippen molar-refractivity contribution in [1.82, 2.24) is 14.9 Å². The Kier molecular flexibility index (Phi) is 4.15. The summed E-state index contributed by atoms with van der Waals surface area (Å²) in [5.74, 6) is 0. The fourth-order valence-electron chi connectivity index (χ4n) is 2.51. The molecule has 0 aliphatic heterocycles. The molecule has 2 heterocycles. The van der Waals surface area contributed by atoms with Gasteiger partial charge in [-0.2, -0.15) is 5.10 Å². The summed E-state index contributed by atoms with van der Waals surface area (Å²) in [5, 5.41) is 9.15. The monoisotopic (exact) mass is 319 g/mol. The summed E-state index contributed by atoms with van der Waals surface area (Å²) in [5.41, 5.74) is 3.27. The highest BCUT2D eigenvalue weighted by Crippen LogP contribution is 2.27. The lowest BCUT2D eigenvalue weighted by Gasteiger charge is -2.16. The maximum absolute atomic E-state index is 6.27. The molecule has 0 aliphatic carbocycles. The Morgan fingerprint density at radius 2 is 2.10 bits per heavy atom. The van der Waals surface area contributed by atoms with Crippen LogP contribution in [0, 0.1) is 0 Å². The Morgan fingerprint density at radius 3 is 2.90 bits per heavy atom. The largest absolute Gasteiger partial charge is 0.313 e. The molecule has 0 fully saturated rings. The molecule has 0 spiro atoms. The van der Waals surface area contributed by atoms with Crippen LogP contribution in [-0.2, 0) is 6.42 Å². The Balaban J connectivity index is 1.97. The summed E-state index contributed by atoms with van der Waals surface area (Å²) in [4.78, 5) is 0. The molecule has 1 atom stereocenters. The predicted molar refractivity (Wildman–Crippen MR) is 87.2 cm³/mol. The van der Waals surface area contributed by atoms with Crippen LogP contribution in [0.5, 0.6) is 0 Å². The summed E-state index contributed by atoms with van der Waals surface area (Å²) in [7, 11) is 1.94. The van der Waals surface area contributed by atoms with Gasteiger partial charge in [0.25, 0.3) is 0 Å². The van der Waals surface area contributed by atoms with E-state index in [1.165, 1.54) is 0 Å². The van der Waals surface area contributed by atoms with E-state index in [4.69, 9.17) is 23.2 Å². The molecule has 108 valence electrons. The predicted octanol–water partition coefficient (Wildman–Crippen LogP) is 4.14. The fraction of sp³-hybridized carbons (Fsp3) is 0.188. The molecule has 3 rings (SSSR count). The number of aromatic nitrogens is 2. The number of halogens is 2. The Labute approximate surface area is 133 Å². The van der Waals surface area contributed by atoms with E-state index >= 15 is 0 Å². The van der Waals surface area contributed by atoms with Crippen molar-refractivity contribution in [2.45, 2.75) is 12.5 Å². The van der Waals surface area contributed by atoms with Gasteiger partial charge in [-0.05, 0) is 49.4 Å². The Morgan fingerprint density at radius 1 is 1.24 bits per heavy atom. The lowest BCUT2D eigenvalue weighted by Crippen LogP contribution is -2.18. The summed E-state index contributed by atoms with van der Waals surface area (Å²) in [6, 6.07) is 11.7.